The van der Waals surface area contributed by atoms with E-state index in [4.69, 9.17) is 0 Å². The van der Waals surface area contributed by atoms with Crippen LogP contribution in [0.2, 0.25) is 0 Å². The van der Waals surface area contributed by atoms with Gasteiger partial charge in [-0.2, -0.15) is 4.39 Å². The van der Waals surface area contributed by atoms with Gasteiger partial charge in [-0.3, -0.25) is 0 Å². The minimum atomic E-state index is -0.534. The van der Waals surface area contributed by atoms with E-state index in [2.05, 4.69) is 9.72 Å². The summed E-state index contributed by atoms with van der Waals surface area (Å²) in [7, 11) is 0. The lowest BCUT2D eigenvalue weighted by Crippen LogP contribution is -2.04. The number of aromatic nitrogens is 1. The molecule has 0 amide bonds. The van der Waals surface area contributed by atoms with Crippen LogP contribution in [0.5, 0.6) is 0 Å². The predicted molar refractivity (Wildman–Crippen MR) is 36.7 cm³/mol. The molecule has 11 heavy (non-hydrogen) atoms. The van der Waals surface area contributed by atoms with Crippen molar-refractivity contribution >= 4 is 5.97 Å². The van der Waals surface area contributed by atoms with Crippen LogP contribution >= 0.6 is 0 Å². The fourth-order valence-corrected chi connectivity index (χ4v) is 0.696. The summed E-state index contributed by atoms with van der Waals surface area (Å²) < 4.78 is 16.9. The lowest BCUT2D eigenvalue weighted by Gasteiger charge is -1.96. The number of aromatic amines is 1. The zero-order valence-corrected chi connectivity index (χ0v) is 6.06. The van der Waals surface area contributed by atoms with Crippen molar-refractivity contribution in [2.75, 3.05) is 6.61 Å². The first-order valence-corrected chi connectivity index (χ1v) is 3.25. The third-order valence-electron chi connectivity index (χ3n) is 1.15. The first kappa shape index (κ1) is 7.78. The Morgan fingerprint density at radius 1 is 1.73 bits per heavy atom. The highest BCUT2D eigenvalue weighted by Crippen LogP contribution is 2.01. The summed E-state index contributed by atoms with van der Waals surface area (Å²) >= 11 is 0. The molecule has 1 rings (SSSR count). The van der Waals surface area contributed by atoms with Crippen molar-refractivity contribution in [1.29, 1.82) is 0 Å². The maximum Gasteiger partial charge on any atom is 0.354 e. The molecule has 3 nitrogen and oxygen atoms in total. The average Bonchev–Trinajstić information content (AvgIpc) is 2.36. The van der Waals surface area contributed by atoms with Crippen LogP contribution in [0.1, 0.15) is 17.4 Å². The summed E-state index contributed by atoms with van der Waals surface area (Å²) in [5.74, 6) is -1.07. The maximum atomic E-state index is 12.3. The minimum absolute atomic E-state index is 0.143. The summed E-state index contributed by atoms with van der Waals surface area (Å²) in [4.78, 5) is 13.1. The number of H-pyrrole nitrogens is 1. The molecule has 0 aromatic carbocycles. The Kier molecular flexibility index (Phi) is 2.25. The van der Waals surface area contributed by atoms with Gasteiger partial charge in [-0.1, -0.05) is 0 Å². The molecule has 0 bridgehead atoms. The van der Waals surface area contributed by atoms with Crippen LogP contribution in [0.25, 0.3) is 0 Å². The molecule has 0 radical (unpaired) electrons. The number of esters is 1. The summed E-state index contributed by atoms with van der Waals surface area (Å²) in [6, 6.07) is 2.51. The Morgan fingerprint density at radius 2 is 2.45 bits per heavy atom. The molecule has 0 atom stereocenters. The summed E-state index contributed by atoms with van der Waals surface area (Å²) in [5.41, 5.74) is 0.143. The number of carbonyl (C=O) groups is 1. The number of rotatable bonds is 2. The largest absolute Gasteiger partial charge is 0.461 e. The molecule has 1 aromatic heterocycles. The summed E-state index contributed by atoms with van der Waals surface area (Å²) in [6.45, 7) is 1.98. The van der Waals surface area contributed by atoms with Gasteiger partial charge in [0.1, 0.15) is 5.69 Å². The van der Waals surface area contributed by atoms with Gasteiger partial charge in [-0.25, -0.2) is 4.79 Å². The van der Waals surface area contributed by atoms with Crippen molar-refractivity contribution < 1.29 is 13.9 Å². The van der Waals surface area contributed by atoms with Gasteiger partial charge in [0, 0.05) is 0 Å². The Morgan fingerprint density at radius 3 is 2.91 bits per heavy atom. The molecule has 0 saturated heterocycles. The third kappa shape index (κ3) is 1.80. The van der Waals surface area contributed by atoms with Crippen LogP contribution in [0.3, 0.4) is 0 Å². The van der Waals surface area contributed by atoms with E-state index in [1.165, 1.54) is 12.1 Å². The van der Waals surface area contributed by atoms with Crippen LogP contribution in [-0.4, -0.2) is 17.6 Å². The van der Waals surface area contributed by atoms with Gasteiger partial charge < -0.3 is 9.72 Å². The fourth-order valence-electron chi connectivity index (χ4n) is 0.696. The summed E-state index contributed by atoms with van der Waals surface area (Å²) in [5, 5.41) is 0. The van der Waals surface area contributed by atoms with Crippen LogP contribution in [0, 0.1) is 5.95 Å². The van der Waals surface area contributed by atoms with Crippen molar-refractivity contribution in [3.05, 3.63) is 23.8 Å². The Hall–Kier alpha value is -1.32. The number of hydrogen-bond acceptors (Lipinski definition) is 2. The van der Waals surface area contributed by atoms with E-state index < -0.39 is 11.9 Å². The van der Waals surface area contributed by atoms with Crippen LogP contribution in [0.4, 0.5) is 4.39 Å². The molecule has 4 heteroatoms. The SMILES string of the molecule is CCOC(=O)c1ccc(F)[nH]1. The van der Waals surface area contributed by atoms with Crippen molar-refractivity contribution in [1.82, 2.24) is 4.98 Å². The van der Waals surface area contributed by atoms with Crippen molar-refractivity contribution in [2.45, 2.75) is 6.92 Å². The van der Waals surface area contributed by atoms with Gasteiger partial charge in [0.15, 0.2) is 5.95 Å². The number of hydrogen-bond donors (Lipinski definition) is 1. The van der Waals surface area contributed by atoms with Gasteiger partial charge in [0.05, 0.1) is 6.61 Å². The van der Waals surface area contributed by atoms with Crippen molar-refractivity contribution in [3.63, 3.8) is 0 Å². The lowest BCUT2D eigenvalue weighted by molar-refractivity contribution is 0.0519. The van der Waals surface area contributed by atoms with Crippen molar-refractivity contribution in [2.24, 2.45) is 0 Å². The first-order valence-electron chi connectivity index (χ1n) is 3.25. The molecule has 0 aliphatic heterocycles. The highest BCUT2D eigenvalue weighted by Gasteiger charge is 2.07. The fraction of sp³-hybridized carbons (Fsp3) is 0.286. The van der Waals surface area contributed by atoms with E-state index >= 15 is 0 Å². The monoisotopic (exact) mass is 157 g/mol. The zero-order chi connectivity index (χ0) is 8.27. The first-order chi connectivity index (χ1) is 5.24. The highest BCUT2D eigenvalue weighted by atomic mass is 19.1. The molecule has 0 saturated carbocycles. The quantitative estimate of drug-likeness (QED) is 0.658. The molecule has 0 spiro atoms. The van der Waals surface area contributed by atoms with Crippen LogP contribution < -0.4 is 0 Å². The molecule has 1 aromatic rings. The van der Waals surface area contributed by atoms with Gasteiger partial charge in [0.25, 0.3) is 0 Å². The molecular formula is C7H8FNO2. The normalized spacial score (nSPS) is 9.64. The minimum Gasteiger partial charge on any atom is -0.461 e. The van der Waals surface area contributed by atoms with Gasteiger partial charge in [-0.05, 0) is 19.1 Å². The van der Waals surface area contributed by atoms with E-state index in [-0.39, 0.29) is 5.69 Å². The topological polar surface area (TPSA) is 42.1 Å². The lowest BCUT2D eigenvalue weighted by atomic mass is 10.4. The average molecular weight is 157 g/mol. The van der Waals surface area contributed by atoms with E-state index in [0.29, 0.717) is 6.61 Å². The third-order valence-corrected chi connectivity index (χ3v) is 1.15. The molecule has 0 aliphatic carbocycles. The summed E-state index contributed by atoms with van der Waals surface area (Å²) in [6.07, 6.45) is 0. The zero-order valence-electron chi connectivity index (χ0n) is 6.06. The Bertz CT molecular complexity index is 257. The number of carbonyl (C=O) groups excluding carboxylic acids is 1. The smallest absolute Gasteiger partial charge is 0.354 e. The molecular weight excluding hydrogens is 149 g/mol. The molecule has 1 heterocycles. The maximum absolute atomic E-state index is 12.3. The van der Waals surface area contributed by atoms with Gasteiger partial charge in [-0.15, -0.1) is 0 Å². The number of nitrogens with one attached hydrogen (secondary N) is 1. The van der Waals surface area contributed by atoms with Crippen molar-refractivity contribution in [3.8, 4) is 0 Å². The predicted octanol–water partition coefficient (Wildman–Crippen LogP) is 1.33. The van der Waals surface area contributed by atoms with Crippen LogP contribution in [-0.2, 0) is 4.74 Å². The van der Waals surface area contributed by atoms with Crippen LogP contribution in [0.15, 0.2) is 12.1 Å². The molecule has 1 N–H and O–H groups in total. The van der Waals surface area contributed by atoms with E-state index in [1.807, 2.05) is 0 Å². The molecule has 0 fully saturated rings. The molecule has 60 valence electrons. The van der Waals surface area contributed by atoms with E-state index in [1.54, 1.807) is 6.92 Å². The van der Waals surface area contributed by atoms with Gasteiger partial charge in [0.2, 0.25) is 0 Å². The standard InChI is InChI=1S/C7H8FNO2/c1-2-11-7(10)5-3-4-6(8)9-5/h3-4,9H,2H2,1H3. The molecule has 0 aliphatic rings. The van der Waals surface area contributed by atoms with E-state index in [9.17, 15) is 9.18 Å². The second-order valence-electron chi connectivity index (χ2n) is 1.94. The second-order valence-corrected chi connectivity index (χ2v) is 1.94. The van der Waals surface area contributed by atoms with Gasteiger partial charge >= 0.3 is 5.97 Å². The highest BCUT2D eigenvalue weighted by molar-refractivity contribution is 5.87. The number of ether oxygens (including phenoxy) is 1. The second kappa shape index (κ2) is 3.18. The Labute approximate surface area is 63.2 Å². The number of halogens is 1. The molecule has 0 unspecified atom stereocenters. The Balaban J connectivity index is 2.69. The van der Waals surface area contributed by atoms with E-state index in [0.717, 1.165) is 0 Å².